The molecule has 1 fully saturated rings. The maximum Gasteiger partial charge on any atom is 0.341 e. The first kappa shape index (κ1) is 7.54. The van der Waals surface area contributed by atoms with Gasteiger partial charge in [-0.25, -0.2) is 9.90 Å². The Balaban J connectivity index is 2.58. The highest BCUT2D eigenvalue weighted by Crippen LogP contribution is 2.30. The molecule has 0 saturated heterocycles. The van der Waals surface area contributed by atoms with Crippen molar-refractivity contribution in [2.24, 2.45) is 0 Å². The van der Waals surface area contributed by atoms with Crippen LogP contribution in [0.5, 0.6) is 0 Å². The summed E-state index contributed by atoms with van der Waals surface area (Å²) in [5, 5.41) is 11.4. The molecule has 3 nitrogen and oxygen atoms in total. The van der Waals surface area contributed by atoms with Crippen molar-refractivity contribution < 1.29 is 14.6 Å². The molecule has 0 aliphatic heterocycles. The van der Waals surface area contributed by atoms with Crippen molar-refractivity contribution in [3.63, 3.8) is 0 Å². The van der Waals surface area contributed by atoms with Gasteiger partial charge in [-0.3, -0.25) is 0 Å². The van der Waals surface area contributed by atoms with E-state index in [2.05, 4.69) is 4.74 Å². The first-order chi connectivity index (χ1) is 4.69. The Morgan fingerprint density at radius 1 is 1.40 bits per heavy atom. The topological polar surface area (TPSA) is 46.2 Å². The summed E-state index contributed by atoms with van der Waals surface area (Å²) in [4.78, 5) is 10.8. The molecule has 0 N–H and O–H groups in total. The van der Waals surface area contributed by atoms with Crippen molar-refractivity contribution in [3.8, 4) is 0 Å². The van der Waals surface area contributed by atoms with Crippen LogP contribution in [0.1, 0.15) is 25.7 Å². The van der Waals surface area contributed by atoms with Crippen molar-refractivity contribution in [1.82, 2.24) is 0 Å². The van der Waals surface area contributed by atoms with Crippen LogP contribution in [0.3, 0.4) is 0 Å². The molecule has 0 aromatic rings. The average molecular weight is 143 g/mol. The van der Waals surface area contributed by atoms with Crippen molar-refractivity contribution in [3.05, 3.63) is 0 Å². The minimum absolute atomic E-state index is 0.444. The molecule has 0 aromatic heterocycles. The lowest BCUT2D eigenvalue weighted by molar-refractivity contribution is -0.169. The predicted octanol–water partition coefficient (Wildman–Crippen LogP) is 0.903. The maximum atomic E-state index is 11.4. The van der Waals surface area contributed by atoms with Crippen LogP contribution in [-0.4, -0.2) is 18.7 Å². The third-order valence-corrected chi connectivity index (χ3v) is 1.97. The van der Waals surface area contributed by atoms with Gasteiger partial charge < -0.3 is 4.74 Å². The molecule has 0 spiro atoms. The summed E-state index contributed by atoms with van der Waals surface area (Å²) in [6.07, 6.45) is 2.61. The van der Waals surface area contributed by atoms with E-state index in [4.69, 9.17) is 0 Å². The van der Waals surface area contributed by atoms with Crippen LogP contribution in [0.4, 0.5) is 0 Å². The number of carbonyl (C=O) groups is 1. The number of hydrogen-bond acceptors (Lipinski definition) is 2. The van der Waals surface area contributed by atoms with E-state index in [9.17, 15) is 9.90 Å². The largest absolute Gasteiger partial charge is 0.467 e. The normalized spacial score (nSPS) is 22.6. The van der Waals surface area contributed by atoms with Crippen LogP contribution >= 0.6 is 0 Å². The summed E-state index contributed by atoms with van der Waals surface area (Å²) < 4.78 is 4.39. The lowest BCUT2D eigenvalue weighted by Gasteiger charge is -2.14. The molecule has 57 valence electrons. The molecule has 0 bridgehead atoms. The van der Waals surface area contributed by atoms with E-state index >= 15 is 0 Å². The van der Waals surface area contributed by atoms with E-state index < -0.39 is 11.6 Å². The van der Waals surface area contributed by atoms with Gasteiger partial charge in [0.05, 0.1) is 7.11 Å². The first-order valence-corrected chi connectivity index (χ1v) is 3.48. The molecule has 0 aromatic carbocycles. The van der Waals surface area contributed by atoms with E-state index in [1.54, 1.807) is 0 Å². The number of hydrogen-bond donors (Lipinski definition) is 0. The fourth-order valence-electron chi connectivity index (χ4n) is 1.34. The lowest BCUT2D eigenvalue weighted by atomic mass is 10.0. The number of methoxy groups -OCH3 is 1. The van der Waals surface area contributed by atoms with Gasteiger partial charge in [-0.2, -0.15) is 0 Å². The van der Waals surface area contributed by atoms with Gasteiger partial charge in [-0.15, -0.1) is 0 Å². The SMILES string of the molecule is COC(=O)C1([O])CCCC1. The van der Waals surface area contributed by atoms with Gasteiger partial charge in [-0.05, 0) is 25.7 Å². The summed E-state index contributed by atoms with van der Waals surface area (Å²) in [6, 6.07) is 0. The van der Waals surface area contributed by atoms with Gasteiger partial charge in [0.2, 0.25) is 0 Å². The number of rotatable bonds is 1. The van der Waals surface area contributed by atoms with Gasteiger partial charge in [0.15, 0.2) is 5.60 Å². The van der Waals surface area contributed by atoms with E-state index in [1.807, 2.05) is 0 Å². The summed E-state index contributed by atoms with van der Waals surface area (Å²) >= 11 is 0. The number of carbonyl (C=O) groups excluding carboxylic acids is 1. The molecule has 10 heavy (non-hydrogen) atoms. The van der Waals surface area contributed by atoms with Crippen LogP contribution in [0.15, 0.2) is 0 Å². The minimum Gasteiger partial charge on any atom is -0.467 e. The van der Waals surface area contributed by atoms with Gasteiger partial charge in [-0.1, -0.05) is 0 Å². The molecule has 0 amide bonds. The van der Waals surface area contributed by atoms with Gasteiger partial charge in [0.1, 0.15) is 0 Å². The van der Waals surface area contributed by atoms with Crippen LogP contribution < -0.4 is 0 Å². The first-order valence-electron chi connectivity index (χ1n) is 3.48. The minimum atomic E-state index is -1.41. The van der Waals surface area contributed by atoms with Crippen LogP contribution in [0.25, 0.3) is 0 Å². The molecule has 1 saturated carbocycles. The van der Waals surface area contributed by atoms with Crippen LogP contribution in [0, 0.1) is 0 Å². The Labute approximate surface area is 60.0 Å². The molecule has 0 atom stereocenters. The molecular weight excluding hydrogens is 132 g/mol. The zero-order chi connectivity index (χ0) is 7.61. The maximum absolute atomic E-state index is 11.4. The van der Waals surface area contributed by atoms with Crippen molar-refractivity contribution >= 4 is 5.97 Å². The molecule has 0 unspecified atom stereocenters. The van der Waals surface area contributed by atoms with Crippen molar-refractivity contribution in [1.29, 1.82) is 0 Å². The van der Waals surface area contributed by atoms with Crippen LogP contribution in [0.2, 0.25) is 0 Å². The molecular formula is C7H11O3. The molecule has 1 aliphatic carbocycles. The zero-order valence-electron chi connectivity index (χ0n) is 6.05. The molecule has 3 heteroatoms. The fraction of sp³-hybridized carbons (Fsp3) is 0.857. The molecule has 0 heterocycles. The third kappa shape index (κ3) is 1.14. The highest BCUT2D eigenvalue weighted by atomic mass is 16.5. The van der Waals surface area contributed by atoms with E-state index in [1.165, 1.54) is 7.11 Å². The zero-order valence-corrected chi connectivity index (χ0v) is 6.05. The van der Waals surface area contributed by atoms with Gasteiger partial charge in [0, 0.05) is 0 Å². The van der Waals surface area contributed by atoms with E-state index in [0.717, 1.165) is 12.8 Å². The summed E-state index contributed by atoms with van der Waals surface area (Å²) in [6.45, 7) is 0. The van der Waals surface area contributed by atoms with Crippen LogP contribution in [-0.2, 0) is 14.6 Å². The number of ether oxygens (including phenoxy) is 1. The lowest BCUT2D eigenvalue weighted by Crippen LogP contribution is -2.34. The van der Waals surface area contributed by atoms with Gasteiger partial charge in [0.25, 0.3) is 0 Å². The predicted molar refractivity (Wildman–Crippen MR) is 33.9 cm³/mol. The standard InChI is InChI=1S/C7H11O3/c1-10-6(8)7(9)4-2-3-5-7/h2-5H2,1H3. The second kappa shape index (κ2) is 2.58. The van der Waals surface area contributed by atoms with Crippen molar-refractivity contribution in [2.45, 2.75) is 31.3 Å². The van der Waals surface area contributed by atoms with E-state index in [-0.39, 0.29) is 0 Å². The summed E-state index contributed by atoms with van der Waals surface area (Å²) in [5.41, 5.74) is -1.41. The average Bonchev–Trinajstić information content (AvgIpc) is 2.36. The Bertz CT molecular complexity index is 136. The smallest absolute Gasteiger partial charge is 0.341 e. The molecule has 1 radical (unpaired) electrons. The number of esters is 1. The molecule has 1 aliphatic rings. The van der Waals surface area contributed by atoms with E-state index in [0.29, 0.717) is 12.8 Å². The highest BCUT2D eigenvalue weighted by Gasteiger charge is 2.42. The van der Waals surface area contributed by atoms with Gasteiger partial charge >= 0.3 is 5.97 Å². The quantitative estimate of drug-likeness (QED) is 0.512. The summed E-state index contributed by atoms with van der Waals surface area (Å²) in [7, 11) is 1.26. The molecule has 1 rings (SSSR count). The Morgan fingerprint density at radius 2 is 1.90 bits per heavy atom. The second-order valence-electron chi connectivity index (χ2n) is 2.69. The monoisotopic (exact) mass is 143 g/mol. The Hall–Kier alpha value is -0.570. The highest BCUT2D eigenvalue weighted by molar-refractivity contribution is 5.79. The van der Waals surface area contributed by atoms with Crippen molar-refractivity contribution in [2.75, 3.05) is 7.11 Å². The Kier molecular flexibility index (Phi) is 1.94. The third-order valence-electron chi connectivity index (χ3n) is 1.97. The Morgan fingerprint density at radius 3 is 2.30 bits per heavy atom. The second-order valence-corrected chi connectivity index (χ2v) is 2.69. The fourth-order valence-corrected chi connectivity index (χ4v) is 1.34. The summed E-state index contributed by atoms with van der Waals surface area (Å²) in [5.74, 6) is -0.593.